The fourth-order valence-corrected chi connectivity index (χ4v) is 2.27. The third kappa shape index (κ3) is 2.08. The number of carbonyl (C=O) groups is 1. The number of aryl methyl sites for hydroxylation is 1. The number of fused-ring (bicyclic) bond motifs is 1. The smallest absolute Gasteiger partial charge is 0.357 e. The van der Waals surface area contributed by atoms with Crippen molar-refractivity contribution in [3.63, 3.8) is 0 Å². The number of nitrogens with one attached hydrogen (secondary N) is 1. The van der Waals surface area contributed by atoms with Crippen molar-refractivity contribution in [1.29, 1.82) is 0 Å². The predicted octanol–water partition coefficient (Wildman–Crippen LogP) is 1.86. The summed E-state index contributed by atoms with van der Waals surface area (Å²) in [5, 5.41) is 13.6. The molecule has 0 radical (unpaired) electrons. The number of carboxylic acid groups (broad SMARTS) is 1. The van der Waals surface area contributed by atoms with Crippen molar-refractivity contribution in [1.82, 2.24) is 14.8 Å². The Morgan fingerprint density at radius 1 is 1.38 bits per heavy atom. The molecule has 0 fully saturated rings. The Kier molecular flexibility index (Phi) is 2.83. The minimum Gasteiger partial charge on any atom is -0.476 e. The standard InChI is InChI=1S/C14H10FN3O3/c1-7-5-10(19)16-13-11(7)12(14(20)21)17-18(13)9-4-2-3-8(15)6-9/h2-6H,1H3,(H,16,19)(H,20,21). The first kappa shape index (κ1) is 13.0. The van der Waals surface area contributed by atoms with E-state index in [0.717, 1.165) is 0 Å². The lowest BCUT2D eigenvalue weighted by Gasteiger charge is -2.03. The molecule has 0 aliphatic heterocycles. The zero-order valence-electron chi connectivity index (χ0n) is 10.9. The molecule has 6 nitrogen and oxygen atoms in total. The molecule has 0 unspecified atom stereocenters. The summed E-state index contributed by atoms with van der Waals surface area (Å²) in [5.74, 6) is -1.70. The molecular weight excluding hydrogens is 277 g/mol. The molecule has 1 aromatic carbocycles. The average molecular weight is 287 g/mol. The van der Waals surface area contributed by atoms with Gasteiger partial charge in [-0.3, -0.25) is 4.79 Å². The summed E-state index contributed by atoms with van der Waals surface area (Å²) < 4.78 is 14.6. The Bertz CT molecular complexity index is 927. The Morgan fingerprint density at radius 2 is 2.14 bits per heavy atom. The Labute approximate surface area is 117 Å². The van der Waals surface area contributed by atoms with E-state index >= 15 is 0 Å². The second-order valence-corrected chi connectivity index (χ2v) is 4.59. The van der Waals surface area contributed by atoms with Crippen LogP contribution in [0, 0.1) is 12.7 Å². The molecule has 0 atom stereocenters. The van der Waals surface area contributed by atoms with Gasteiger partial charge in [0.05, 0.1) is 11.1 Å². The zero-order valence-corrected chi connectivity index (χ0v) is 10.9. The Hall–Kier alpha value is -2.96. The van der Waals surface area contributed by atoms with Crippen molar-refractivity contribution in [2.45, 2.75) is 6.92 Å². The van der Waals surface area contributed by atoms with E-state index in [1.54, 1.807) is 13.0 Å². The van der Waals surface area contributed by atoms with Crippen molar-refractivity contribution in [2.75, 3.05) is 0 Å². The van der Waals surface area contributed by atoms with Crippen molar-refractivity contribution in [2.24, 2.45) is 0 Å². The minimum atomic E-state index is -1.22. The number of carboxylic acids is 1. The van der Waals surface area contributed by atoms with E-state index in [1.165, 1.54) is 28.9 Å². The first-order valence-corrected chi connectivity index (χ1v) is 6.09. The lowest BCUT2D eigenvalue weighted by atomic mass is 10.1. The molecule has 0 aliphatic carbocycles. The van der Waals surface area contributed by atoms with Gasteiger partial charge in [0.1, 0.15) is 11.5 Å². The molecule has 2 N–H and O–H groups in total. The normalized spacial score (nSPS) is 11.0. The van der Waals surface area contributed by atoms with E-state index in [1.807, 2.05) is 0 Å². The van der Waals surface area contributed by atoms with Crippen LogP contribution < -0.4 is 5.56 Å². The SMILES string of the molecule is Cc1cc(=O)[nH]c2c1c(C(=O)O)nn2-c1cccc(F)c1. The highest BCUT2D eigenvalue weighted by molar-refractivity contribution is 6.01. The summed E-state index contributed by atoms with van der Waals surface area (Å²) in [4.78, 5) is 25.5. The third-order valence-corrected chi connectivity index (χ3v) is 3.12. The third-order valence-electron chi connectivity index (χ3n) is 3.12. The van der Waals surface area contributed by atoms with Gasteiger partial charge in [-0.1, -0.05) is 6.07 Å². The molecule has 0 saturated heterocycles. The van der Waals surface area contributed by atoms with E-state index in [4.69, 9.17) is 0 Å². The van der Waals surface area contributed by atoms with Crippen molar-refractivity contribution in [3.8, 4) is 5.69 Å². The van der Waals surface area contributed by atoms with Gasteiger partial charge in [0, 0.05) is 6.07 Å². The highest BCUT2D eigenvalue weighted by atomic mass is 19.1. The van der Waals surface area contributed by atoms with Crippen LogP contribution in [0.15, 0.2) is 35.1 Å². The van der Waals surface area contributed by atoms with Crippen LogP contribution in [0.4, 0.5) is 4.39 Å². The number of H-pyrrole nitrogens is 1. The summed E-state index contributed by atoms with van der Waals surface area (Å²) in [7, 11) is 0. The van der Waals surface area contributed by atoms with Gasteiger partial charge in [0.15, 0.2) is 5.69 Å². The molecule has 2 aromatic heterocycles. The number of hydrogen-bond acceptors (Lipinski definition) is 3. The van der Waals surface area contributed by atoms with Gasteiger partial charge in [-0.25, -0.2) is 13.9 Å². The number of pyridine rings is 1. The van der Waals surface area contributed by atoms with E-state index in [2.05, 4.69) is 10.1 Å². The van der Waals surface area contributed by atoms with Gasteiger partial charge in [0.25, 0.3) is 0 Å². The van der Waals surface area contributed by atoms with Crippen LogP contribution in [0.25, 0.3) is 16.7 Å². The van der Waals surface area contributed by atoms with E-state index in [9.17, 15) is 19.1 Å². The number of benzene rings is 1. The number of aromatic nitrogens is 3. The first-order chi connectivity index (χ1) is 9.97. The van der Waals surface area contributed by atoms with Gasteiger partial charge in [-0.15, -0.1) is 0 Å². The quantitative estimate of drug-likeness (QED) is 0.753. The van der Waals surface area contributed by atoms with Crippen LogP contribution in [0.2, 0.25) is 0 Å². The molecule has 0 saturated carbocycles. The molecular formula is C14H10FN3O3. The topological polar surface area (TPSA) is 88.0 Å². The Morgan fingerprint density at radius 3 is 2.81 bits per heavy atom. The minimum absolute atomic E-state index is 0.192. The molecule has 0 amide bonds. The van der Waals surface area contributed by atoms with E-state index in [0.29, 0.717) is 16.6 Å². The van der Waals surface area contributed by atoms with Crippen LogP contribution in [0.3, 0.4) is 0 Å². The second kappa shape index (κ2) is 4.55. The number of halogens is 1. The fraction of sp³-hybridized carbons (Fsp3) is 0.0714. The average Bonchev–Trinajstić information content (AvgIpc) is 2.78. The number of nitrogens with zero attached hydrogens (tertiary/aromatic N) is 2. The monoisotopic (exact) mass is 287 g/mol. The molecule has 0 aliphatic rings. The maximum Gasteiger partial charge on any atom is 0.357 e. The van der Waals surface area contributed by atoms with Crippen LogP contribution >= 0.6 is 0 Å². The Balaban J connectivity index is 2.44. The molecule has 21 heavy (non-hydrogen) atoms. The van der Waals surface area contributed by atoms with Crippen LogP contribution in [-0.2, 0) is 0 Å². The largest absolute Gasteiger partial charge is 0.476 e. The van der Waals surface area contributed by atoms with Crippen LogP contribution in [-0.4, -0.2) is 25.8 Å². The van der Waals surface area contributed by atoms with E-state index < -0.39 is 11.8 Å². The lowest BCUT2D eigenvalue weighted by Crippen LogP contribution is -2.07. The molecule has 0 spiro atoms. The summed E-state index contributed by atoms with van der Waals surface area (Å²) in [5.41, 5.74) is 0.475. The molecule has 106 valence electrons. The highest BCUT2D eigenvalue weighted by Gasteiger charge is 2.20. The van der Waals surface area contributed by atoms with Crippen molar-refractivity contribution >= 4 is 17.0 Å². The molecule has 3 aromatic rings. The van der Waals surface area contributed by atoms with E-state index in [-0.39, 0.29) is 16.9 Å². The maximum absolute atomic E-state index is 13.3. The van der Waals surface area contributed by atoms with Crippen molar-refractivity contribution < 1.29 is 14.3 Å². The number of aromatic carboxylic acids is 1. The van der Waals surface area contributed by atoms with Gasteiger partial charge in [-0.05, 0) is 30.7 Å². The number of hydrogen-bond donors (Lipinski definition) is 2. The second-order valence-electron chi connectivity index (χ2n) is 4.59. The summed E-state index contributed by atoms with van der Waals surface area (Å²) >= 11 is 0. The highest BCUT2D eigenvalue weighted by Crippen LogP contribution is 2.22. The molecule has 2 heterocycles. The molecule has 7 heteroatoms. The summed E-state index contributed by atoms with van der Waals surface area (Å²) in [6.45, 7) is 1.63. The number of rotatable bonds is 2. The zero-order chi connectivity index (χ0) is 15.1. The van der Waals surface area contributed by atoms with Gasteiger partial charge in [0.2, 0.25) is 5.56 Å². The molecule has 3 rings (SSSR count). The summed E-state index contributed by atoms with van der Waals surface area (Å²) in [6.07, 6.45) is 0. The number of aromatic amines is 1. The molecule has 0 bridgehead atoms. The van der Waals surface area contributed by atoms with Crippen LogP contribution in [0.1, 0.15) is 16.1 Å². The van der Waals surface area contributed by atoms with Gasteiger partial charge in [-0.2, -0.15) is 5.10 Å². The fourth-order valence-electron chi connectivity index (χ4n) is 2.27. The van der Waals surface area contributed by atoms with Gasteiger partial charge >= 0.3 is 5.97 Å². The predicted molar refractivity (Wildman–Crippen MR) is 73.3 cm³/mol. The van der Waals surface area contributed by atoms with Gasteiger partial charge < -0.3 is 10.1 Å². The summed E-state index contributed by atoms with van der Waals surface area (Å²) in [6, 6.07) is 6.82. The van der Waals surface area contributed by atoms with Crippen molar-refractivity contribution in [3.05, 3.63) is 57.8 Å². The first-order valence-electron chi connectivity index (χ1n) is 6.09. The lowest BCUT2D eigenvalue weighted by molar-refractivity contribution is 0.0692. The maximum atomic E-state index is 13.3. The van der Waals surface area contributed by atoms with Crippen LogP contribution in [0.5, 0.6) is 0 Å².